The van der Waals surface area contributed by atoms with Crippen LogP contribution in [0.25, 0.3) is 0 Å². The fraction of sp³-hybridized carbons (Fsp3) is 0.167. The van der Waals surface area contributed by atoms with E-state index in [1.54, 1.807) is 0 Å². The van der Waals surface area contributed by atoms with Gasteiger partial charge in [0.1, 0.15) is 5.82 Å². The summed E-state index contributed by atoms with van der Waals surface area (Å²) in [6.07, 6.45) is 1.99. The van der Waals surface area contributed by atoms with Crippen molar-refractivity contribution in [2.75, 3.05) is 5.32 Å². The van der Waals surface area contributed by atoms with E-state index in [9.17, 15) is 4.39 Å². The molecule has 1 N–H and O–H groups in total. The van der Waals surface area contributed by atoms with Crippen LogP contribution in [0.3, 0.4) is 0 Å². The van der Waals surface area contributed by atoms with Crippen molar-refractivity contribution in [3.8, 4) is 0 Å². The second-order valence-corrected chi connectivity index (χ2v) is 7.81. The predicted molar refractivity (Wildman–Crippen MR) is 118 cm³/mol. The third kappa shape index (κ3) is 3.32. The van der Waals surface area contributed by atoms with Gasteiger partial charge in [0.2, 0.25) is 0 Å². The lowest BCUT2D eigenvalue weighted by Crippen LogP contribution is -2.34. The van der Waals surface area contributed by atoms with E-state index in [1.807, 2.05) is 47.5 Å². The second kappa shape index (κ2) is 7.41. The molecule has 1 aliphatic carbocycles. The predicted octanol–water partition coefficient (Wildman–Crippen LogP) is 5.55. The molecule has 3 aromatic rings. The van der Waals surface area contributed by atoms with Crippen molar-refractivity contribution in [3.05, 3.63) is 101 Å². The minimum absolute atomic E-state index is 0.0531. The Balaban J connectivity index is 1.55. The largest absolute Gasteiger partial charge is 0.331 e. The van der Waals surface area contributed by atoms with Crippen LogP contribution in [-0.2, 0) is 6.42 Å². The van der Waals surface area contributed by atoms with Crippen molar-refractivity contribution in [1.82, 2.24) is 5.01 Å². The van der Waals surface area contributed by atoms with Gasteiger partial charge in [-0.2, -0.15) is 5.10 Å². The Morgan fingerprint density at radius 2 is 1.69 bits per heavy atom. The average Bonchev–Trinajstić information content (AvgIpc) is 3.15. The first-order valence-electron chi connectivity index (χ1n) is 9.78. The van der Waals surface area contributed by atoms with E-state index in [1.165, 1.54) is 23.3 Å². The van der Waals surface area contributed by atoms with Crippen LogP contribution in [0.5, 0.6) is 0 Å². The zero-order valence-electron chi connectivity index (χ0n) is 15.8. The molecular formula is C24H20FN3S. The van der Waals surface area contributed by atoms with Crippen LogP contribution < -0.4 is 5.32 Å². The number of aryl methyl sites for hydroxylation is 1. The molecule has 0 fully saturated rings. The number of para-hydroxylation sites is 1. The molecule has 0 spiro atoms. The van der Waals surface area contributed by atoms with Crippen molar-refractivity contribution < 1.29 is 4.39 Å². The number of thiocarbonyl (C=S) groups is 1. The second-order valence-electron chi connectivity index (χ2n) is 7.42. The average molecular weight is 402 g/mol. The van der Waals surface area contributed by atoms with Crippen LogP contribution in [0.4, 0.5) is 10.1 Å². The van der Waals surface area contributed by atoms with Gasteiger partial charge in [-0.05, 0) is 60.5 Å². The van der Waals surface area contributed by atoms with Crippen molar-refractivity contribution in [2.45, 2.75) is 18.9 Å². The Morgan fingerprint density at radius 1 is 0.966 bits per heavy atom. The number of nitrogens with zero attached hydrogens (tertiary/aromatic N) is 2. The summed E-state index contributed by atoms with van der Waals surface area (Å²) in [6.45, 7) is 0. The van der Waals surface area contributed by atoms with Crippen LogP contribution in [0, 0.1) is 11.7 Å². The van der Waals surface area contributed by atoms with Gasteiger partial charge in [-0.1, -0.05) is 54.6 Å². The maximum atomic E-state index is 13.6. The molecule has 1 heterocycles. The third-order valence-corrected chi connectivity index (χ3v) is 5.96. The van der Waals surface area contributed by atoms with Crippen molar-refractivity contribution in [1.29, 1.82) is 0 Å². The highest BCUT2D eigenvalue weighted by atomic mass is 32.1. The molecule has 2 atom stereocenters. The zero-order valence-corrected chi connectivity index (χ0v) is 16.6. The van der Waals surface area contributed by atoms with Crippen molar-refractivity contribution in [2.24, 2.45) is 11.0 Å². The Kier molecular flexibility index (Phi) is 4.60. The monoisotopic (exact) mass is 401 g/mol. The SMILES string of the molecule is Fc1ccc(C2C3CCc4ccccc4C3=NN2C(=S)Nc2ccccc2)cc1. The maximum absolute atomic E-state index is 13.6. The summed E-state index contributed by atoms with van der Waals surface area (Å²) in [5.41, 5.74) is 5.53. The molecule has 5 heteroatoms. The molecule has 1 aliphatic heterocycles. The van der Waals surface area contributed by atoms with E-state index in [-0.39, 0.29) is 17.8 Å². The molecule has 3 nitrogen and oxygen atoms in total. The van der Waals surface area contributed by atoms with Crippen molar-refractivity contribution in [3.63, 3.8) is 0 Å². The van der Waals surface area contributed by atoms with Gasteiger partial charge in [0.25, 0.3) is 0 Å². The highest BCUT2D eigenvalue weighted by Crippen LogP contribution is 2.43. The van der Waals surface area contributed by atoms with Gasteiger partial charge in [-0.25, -0.2) is 9.40 Å². The molecule has 2 aliphatic rings. The highest BCUT2D eigenvalue weighted by molar-refractivity contribution is 7.80. The van der Waals surface area contributed by atoms with Gasteiger partial charge in [-0.3, -0.25) is 0 Å². The van der Waals surface area contributed by atoms with Crippen LogP contribution in [0.15, 0.2) is 84.0 Å². The van der Waals surface area contributed by atoms with Gasteiger partial charge < -0.3 is 5.32 Å². The van der Waals surface area contributed by atoms with Gasteiger partial charge in [0.15, 0.2) is 5.11 Å². The number of anilines is 1. The maximum Gasteiger partial charge on any atom is 0.194 e. The zero-order chi connectivity index (χ0) is 19.8. The fourth-order valence-corrected chi connectivity index (χ4v) is 4.60. The summed E-state index contributed by atoms with van der Waals surface area (Å²) in [4.78, 5) is 0. The Morgan fingerprint density at radius 3 is 2.48 bits per heavy atom. The Bertz CT molecular complexity index is 1080. The number of hydrogen-bond acceptors (Lipinski definition) is 2. The first-order chi connectivity index (χ1) is 14.2. The van der Waals surface area contributed by atoms with Gasteiger partial charge in [-0.15, -0.1) is 0 Å². The highest BCUT2D eigenvalue weighted by Gasteiger charge is 2.42. The number of rotatable bonds is 2. The number of nitrogens with one attached hydrogen (secondary N) is 1. The van der Waals surface area contributed by atoms with Gasteiger partial charge in [0.05, 0.1) is 11.8 Å². The minimum atomic E-state index is -0.238. The number of fused-ring (bicyclic) bond motifs is 3. The number of hydrogen-bond donors (Lipinski definition) is 1. The van der Waals surface area contributed by atoms with E-state index < -0.39 is 0 Å². The van der Waals surface area contributed by atoms with E-state index >= 15 is 0 Å². The summed E-state index contributed by atoms with van der Waals surface area (Å²) in [5.74, 6) is -0.0238. The number of benzene rings is 3. The van der Waals surface area contributed by atoms with Crippen LogP contribution in [-0.4, -0.2) is 15.8 Å². The summed E-state index contributed by atoms with van der Waals surface area (Å²) < 4.78 is 13.6. The fourth-order valence-electron chi connectivity index (χ4n) is 4.33. The smallest absolute Gasteiger partial charge is 0.194 e. The first-order valence-corrected chi connectivity index (χ1v) is 10.2. The number of hydrazone groups is 1. The Labute approximate surface area is 174 Å². The standard InChI is InChI=1S/C24H20FN3S/c25-18-13-10-17(11-14-18)23-21-15-12-16-6-4-5-9-20(16)22(21)27-28(23)24(29)26-19-7-2-1-3-8-19/h1-11,13-14,21,23H,12,15H2,(H,26,29). The molecule has 0 saturated heterocycles. The van der Waals surface area contributed by atoms with Gasteiger partial charge in [0, 0.05) is 17.2 Å². The third-order valence-electron chi connectivity index (χ3n) is 5.67. The molecule has 29 heavy (non-hydrogen) atoms. The molecule has 0 amide bonds. The van der Waals surface area contributed by atoms with E-state index in [0.717, 1.165) is 29.8 Å². The van der Waals surface area contributed by atoms with E-state index in [0.29, 0.717) is 5.11 Å². The molecule has 0 bridgehead atoms. The normalized spacial score (nSPS) is 19.9. The summed E-state index contributed by atoms with van der Waals surface area (Å²) in [6, 6.07) is 25.0. The summed E-state index contributed by atoms with van der Waals surface area (Å²) >= 11 is 5.75. The number of halogens is 1. The topological polar surface area (TPSA) is 27.6 Å². The molecule has 0 aromatic heterocycles. The molecule has 0 radical (unpaired) electrons. The summed E-state index contributed by atoms with van der Waals surface area (Å²) in [5, 5.41) is 10.7. The Hall–Kier alpha value is -3.05. The quantitative estimate of drug-likeness (QED) is 0.571. The molecule has 5 rings (SSSR count). The van der Waals surface area contributed by atoms with E-state index in [2.05, 4.69) is 29.6 Å². The van der Waals surface area contributed by atoms with Crippen molar-refractivity contribution >= 4 is 28.7 Å². The molecule has 3 aromatic carbocycles. The first kappa shape index (κ1) is 18.0. The summed E-state index contributed by atoms with van der Waals surface area (Å²) in [7, 11) is 0. The van der Waals surface area contributed by atoms with Gasteiger partial charge >= 0.3 is 0 Å². The lowest BCUT2D eigenvalue weighted by Gasteiger charge is -2.30. The molecule has 2 unspecified atom stereocenters. The lowest BCUT2D eigenvalue weighted by molar-refractivity contribution is 0.311. The van der Waals surface area contributed by atoms with Crippen LogP contribution in [0.2, 0.25) is 0 Å². The lowest BCUT2D eigenvalue weighted by atomic mass is 9.77. The molecule has 0 saturated carbocycles. The molecular weight excluding hydrogens is 381 g/mol. The van der Waals surface area contributed by atoms with Crippen LogP contribution >= 0.6 is 12.2 Å². The molecule has 144 valence electrons. The van der Waals surface area contributed by atoms with Crippen LogP contribution in [0.1, 0.15) is 29.2 Å². The minimum Gasteiger partial charge on any atom is -0.331 e. The van der Waals surface area contributed by atoms with E-state index in [4.69, 9.17) is 17.3 Å².